The molecule has 3 rings (SSSR count). The van der Waals surface area contributed by atoms with Crippen LogP contribution in [0.3, 0.4) is 0 Å². The van der Waals surface area contributed by atoms with Crippen LogP contribution < -0.4 is 0 Å². The van der Waals surface area contributed by atoms with E-state index in [0.29, 0.717) is 10.7 Å². The SMILES string of the molecule is Cc1ccc(-c2nnc(SC(C)C(=O)c3ccc(F)cc3)n2C)cc1. The zero-order valence-corrected chi connectivity index (χ0v) is 15.0. The summed E-state index contributed by atoms with van der Waals surface area (Å²) in [6.45, 7) is 3.85. The lowest BCUT2D eigenvalue weighted by molar-refractivity contribution is 0.0994. The van der Waals surface area contributed by atoms with E-state index in [0.717, 1.165) is 11.4 Å². The van der Waals surface area contributed by atoms with Gasteiger partial charge in [0, 0.05) is 18.2 Å². The van der Waals surface area contributed by atoms with Crippen LogP contribution in [0.25, 0.3) is 11.4 Å². The maximum atomic E-state index is 13.0. The third kappa shape index (κ3) is 3.79. The highest BCUT2D eigenvalue weighted by molar-refractivity contribution is 8.00. The molecule has 6 heteroatoms. The summed E-state index contributed by atoms with van der Waals surface area (Å²) < 4.78 is 14.9. The first-order valence-electron chi connectivity index (χ1n) is 7.88. The standard InChI is InChI=1S/C19H18FN3OS/c1-12-4-6-15(7-5-12)18-21-22-19(23(18)3)25-13(2)17(24)14-8-10-16(20)11-9-14/h4-11,13H,1-3H3. The molecular weight excluding hydrogens is 337 g/mol. The highest BCUT2D eigenvalue weighted by Gasteiger charge is 2.20. The first-order chi connectivity index (χ1) is 12.0. The van der Waals surface area contributed by atoms with Gasteiger partial charge in [-0.15, -0.1) is 10.2 Å². The maximum Gasteiger partial charge on any atom is 0.191 e. The van der Waals surface area contributed by atoms with Crippen molar-refractivity contribution in [3.63, 3.8) is 0 Å². The van der Waals surface area contributed by atoms with Crippen molar-refractivity contribution < 1.29 is 9.18 Å². The number of Topliss-reactive ketones (excluding diaryl/α,β-unsaturated/α-hetero) is 1. The third-order valence-electron chi connectivity index (χ3n) is 3.92. The van der Waals surface area contributed by atoms with Gasteiger partial charge >= 0.3 is 0 Å². The molecule has 0 fully saturated rings. The van der Waals surface area contributed by atoms with Crippen molar-refractivity contribution >= 4 is 17.5 Å². The number of hydrogen-bond acceptors (Lipinski definition) is 4. The minimum absolute atomic E-state index is 0.0649. The van der Waals surface area contributed by atoms with Crippen LogP contribution in [-0.4, -0.2) is 25.8 Å². The number of ketones is 1. The zero-order valence-electron chi connectivity index (χ0n) is 14.2. The molecular formula is C19H18FN3OS. The average Bonchev–Trinajstić information content (AvgIpc) is 2.96. The zero-order chi connectivity index (χ0) is 18.0. The average molecular weight is 355 g/mol. The van der Waals surface area contributed by atoms with E-state index in [9.17, 15) is 9.18 Å². The minimum Gasteiger partial charge on any atom is -0.305 e. The van der Waals surface area contributed by atoms with Crippen molar-refractivity contribution in [2.24, 2.45) is 7.05 Å². The fourth-order valence-electron chi connectivity index (χ4n) is 2.43. The summed E-state index contributed by atoms with van der Waals surface area (Å²) in [5, 5.41) is 8.77. The van der Waals surface area contributed by atoms with Gasteiger partial charge in [0.05, 0.1) is 5.25 Å². The van der Waals surface area contributed by atoms with Gasteiger partial charge in [0.2, 0.25) is 0 Å². The molecule has 0 bridgehead atoms. The Hall–Kier alpha value is -2.47. The lowest BCUT2D eigenvalue weighted by atomic mass is 10.1. The highest BCUT2D eigenvalue weighted by atomic mass is 32.2. The number of nitrogens with zero attached hydrogens (tertiary/aromatic N) is 3. The van der Waals surface area contributed by atoms with Gasteiger partial charge in [0.25, 0.3) is 0 Å². The van der Waals surface area contributed by atoms with Crippen molar-refractivity contribution in [1.29, 1.82) is 0 Å². The molecule has 0 aliphatic heterocycles. The Kier molecular flexibility index (Phi) is 4.99. The Morgan fingerprint density at radius 1 is 1.08 bits per heavy atom. The predicted molar refractivity (Wildman–Crippen MR) is 97.2 cm³/mol. The summed E-state index contributed by atoms with van der Waals surface area (Å²) in [6, 6.07) is 13.6. The molecule has 25 heavy (non-hydrogen) atoms. The van der Waals surface area contributed by atoms with E-state index >= 15 is 0 Å². The molecule has 0 aliphatic carbocycles. The number of aryl methyl sites for hydroxylation is 1. The van der Waals surface area contributed by atoms with Gasteiger partial charge in [-0.3, -0.25) is 4.79 Å². The third-order valence-corrected chi connectivity index (χ3v) is 5.06. The number of benzene rings is 2. The topological polar surface area (TPSA) is 47.8 Å². The summed E-state index contributed by atoms with van der Waals surface area (Å²) in [7, 11) is 1.88. The van der Waals surface area contributed by atoms with Gasteiger partial charge in [-0.1, -0.05) is 41.6 Å². The van der Waals surface area contributed by atoms with Gasteiger partial charge in [0.15, 0.2) is 16.8 Å². The Morgan fingerprint density at radius 3 is 2.36 bits per heavy atom. The molecule has 0 spiro atoms. The fraction of sp³-hybridized carbons (Fsp3) is 0.211. The Balaban J connectivity index is 1.78. The van der Waals surface area contributed by atoms with Gasteiger partial charge in [-0.25, -0.2) is 4.39 Å². The summed E-state index contributed by atoms with van der Waals surface area (Å²) >= 11 is 1.34. The van der Waals surface area contributed by atoms with Crippen LogP contribution in [-0.2, 0) is 7.05 Å². The molecule has 1 heterocycles. The number of rotatable bonds is 5. The summed E-state index contributed by atoms with van der Waals surface area (Å²) in [5.41, 5.74) is 2.64. The van der Waals surface area contributed by atoms with E-state index in [1.165, 1.54) is 41.6 Å². The second-order valence-electron chi connectivity index (χ2n) is 5.86. The number of halogens is 1. The molecule has 0 saturated carbocycles. The number of hydrogen-bond donors (Lipinski definition) is 0. The largest absolute Gasteiger partial charge is 0.305 e. The molecule has 0 amide bonds. The summed E-state index contributed by atoms with van der Waals surface area (Å²) in [5.74, 6) is 0.335. The number of carbonyl (C=O) groups excluding carboxylic acids is 1. The quantitative estimate of drug-likeness (QED) is 0.506. The van der Waals surface area contributed by atoms with Crippen LogP contribution in [0.2, 0.25) is 0 Å². The van der Waals surface area contributed by atoms with Crippen molar-refractivity contribution in [2.45, 2.75) is 24.3 Å². The van der Waals surface area contributed by atoms with Gasteiger partial charge < -0.3 is 4.57 Å². The second kappa shape index (κ2) is 7.19. The maximum absolute atomic E-state index is 13.0. The van der Waals surface area contributed by atoms with Gasteiger partial charge in [0.1, 0.15) is 5.82 Å². The van der Waals surface area contributed by atoms with Crippen LogP contribution in [0.4, 0.5) is 4.39 Å². The molecule has 1 atom stereocenters. The van der Waals surface area contributed by atoms with Gasteiger partial charge in [-0.05, 0) is 38.1 Å². The molecule has 2 aromatic carbocycles. The van der Waals surface area contributed by atoms with Crippen LogP contribution in [0.15, 0.2) is 53.7 Å². The van der Waals surface area contributed by atoms with E-state index in [-0.39, 0.29) is 16.9 Å². The summed E-state index contributed by atoms with van der Waals surface area (Å²) in [4.78, 5) is 12.5. The van der Waals surface area contributed by atoms with Crippen molar-refractivity contribution in [2.75, 3.05) is 0 Å². The molecule has 128 valence electrons. The molecule has 0 radical (unpaired) electrons. The smallest absolute Gasteiger partial charge is 0.191 e. The molecule has 3 aromatic rings. The Morgan fingerprint density at radius 2 is 1.72 bits per heavy atom. The molecule has 0 saturated heterocycles. The Labute approximate surface area is 150 Å². The van der Waals surface area contributed by atoms with E-state index in [4.69, 9.17) is 0 Å². The second-order valence-corrected chi connectivity index (χ2v) is 7.17. The monoisotopic (exact) mass is 355 g/mol. The van der Waals surface area contributed by atoms with Gasteiger partial charge in [-0.2, -0.15) is 0 Å². The van der Waals surface area contributed by atoms with Crippen LogP contribution in [0, 0.1) is 12.7 Å². The number of thioether (sulfide) groups is 1. The summed E-state index contributed by atoms with van der Waals surface area (Å²) in [6.07, 6.45) is 0. The molecule has 1 aromatic heterocycles. The molecule has 0 aliphatic rings. The van der Waals surface area contributed by atoms with E-state index < -0.39 is 0 Å². The van der Waals surface area contributed by atoms with Crippen molar-refractivity contribution in [1.82, 2.24) is 14.8 Å². The van der Waals surface area contributed by atoms with Crippen molar-refractivity contribution in [3.8, 4) is 11.4 Å². The first-order valence-corrected chi connectivity index (χ1v) is 8.76. The van der Waals surface area contributed by atoms with E-state index in [1.807, 2.05) is 49.7 Å². The van der Waals surface area contributed by atoms with Crippen LogP contribution in [0.1, 0.15) is 22.8 Å². The van der Waals surface area contributed by atoms with E-state index in [1.54, 1.807) is 0 Å². The lowest BCUT2D eigenvalue weighted by Gasteiger charge is -2.10. The number of aromatic nitrogens is 3. The van der Waals surface area contributed by atoms with Crippen LogP contribution in [0.5, 0.6) is 0 Å². The van der Waals surface area contributed by atoms with Crippen molar-refractivity contribution in [3.05, 3.63) is 65.5 Å². The van der Waals surface area contributed by atoms with Crippen LogP contribution >= 0.6 is 11.8 Å². The fourth-order valence-corrected chi connectivity index (χ4v) is 3.32. The minimum atomic E-state index is -0.354. The normalized spacial score (nSPS) is 12.2. The lowest BCUT2D eigenvalue weighted by Crippen LogP contribution is -2.14. The highest BCUT2D eigenvalue weighted by Crippen LogP contribution is 2.27. The van der Waals surface area contributed by atoms with E-state index in [2.05, 4.69) is 10.2 Å². The molecule has 1 unspecified atom stereocenters. The Bertz CT molecular complexity index is 888. The number of carbonyl (C=O) groups is 1. The predicted octanol–water partition coefficient (Wildman–Crippen LogP) is 4.29. The molecule has 0 N–H and O–H groups in total. The molecule has 4 nitrogen and oxygen atoms in total. The first kappa shape index (κ1) is 17.4.